The monoisotopic (exact) mass is 541 g/mol. The molecule has 8 nitrogen and oxygen atoms in total. The molecule has 4 rings (SSSR count). The number of carbonyl (C=O) groups is 2. The molecule has 1 N–H and O–H groups in total. The Morgan fingerprint density at radius 3 is 2.41 bits per heavy atom. The van der Waals surface area contributed by atoms with Crippen molar-refractivity contribution >= 4 is 28.8 Å². The van der Waals surface area contributed by atoms with Crippen molar-refractivity contribution in [3.63, 3.8) is 0 Å². The van der Waals surface area contributed by atoms with E-state index < -0.39 is 48.9 Å². The third kappa shape index (κ3) is 5.84. The predicted molar refractivity (Wildman–Crippen MR) is 124 cm³/mol. The maximum atomic E-state index is 13.9. The van der Waals surface area contributed by atoms with Crippen LogP contribution in [0.15, 0.2) is 30.7 Å². The van der Waals surface area contributed by atoms with E-state index in [9.17, 15) is 31.5 Å². The number of thiazole rings is 1. The lowest BCUT2D eigenvalue weighted by Gasteiger charge is -2.32. The van der Waals surface area contributed by atoms with E-state index in [4.69, 9.17) is 4.74 Å². The molecule has 0 saturated heterocycles. The van der Waals surface area contributed by atoms with Gasteiger partial charge in [-0.3, -0.25) is 14.5 Å². The molecule has 1 aliphatic rings. The summed E-state index contributed by atoms with van der Waals surface area (Å²) in [4.78, 5) is 38.2. The van der Waals surface area contributed by atoms with Gasteiger partial charge in [-0.25, -0.2) is 23.7 Å². The van der Waals surface area contributed by atoms with Crippen LogP contribution in [0.3, 0.4) is 0 Å². The number of aromatic nitrogens is 3. The number of ether oxygens (including phenoxy) is 1. The van der Waals surface area contributed by atoms with Gasteiger partial charge in [0.2, 0.25) is 5.82 Å². The van der Waals surface area contributed by atoms with Crippen LogP contribution >= 0.6 is 11.3 Å². The number of nitrogens with zero attached hydrogens (tertiary/aromatic N) is 4. The lowest BCUT2D eigenvalue weighted by Crippen LogP contribution is -2.45. The molecule has 0 spiro atoms. The van der Waals surface area contributed by atoms with Gasteiger partial charge >= 0.3 is 6.18 Å². The fourth-order valence-corrected chi connectivity index (χ4v) is 4.38. The van der Waals surface area contributed by atoms with Gasteiger partial charge in [-0.1, -0.05) is 0 Å². The quantitative estimate of drug-likeness (QED) is 0.451. The second-order valence-corrected chi connectivity index (χ2v) is 9.75. The number of alkyl halides is 5. The smallest absolute Gasteiger partial charge is 0.451 e. The van der Waals surface area contributed by atoms with Crippen LogP contribution in [0.5, 0.6) is 5.75 Å². The highest BCUT2D eigenvalue weighted by Gasteiger charge is 2.36. The van der Waals surface area contributed by atoms with Crippen LogP contribution in [0.25, 0.3) is 10.6 Å². The Morgan fingerprint density at radius 1 is 1.16 bits per heavy atom. The summed E-state index contributed by atoms with van der Waals surface area (Å²) in [6.45, 7) is 2.61. The first-order chi connectivity index (χ1) is 17.2. The van der Waals surface area contributed by atoms with Crippen LogP contribution < -0.4 is 15.0 Å². The van der Waals surface area contributed by atoms with Gasteiger partial charge in [0.05, 0.1) is 23.8 Å². The number of rotatable bonds is 6. The number of hydrogen-bond acceptors (Lipinski definition) is 7. The van der Waals surface area contributed by atoms with Crippen molar-refractivity contribution in [1.29, 1.82) is 0 Å². The van der Waals surface area contributed by atoms with Crippen LogP contribution in [-0.2, 0) is 11.0 Å². The Kier molecular flexibility index (Phi) is 6.88. The molecule has 2 amide bonds. The van der Waals surface area contributed by atoms with Crippen molar-refractivity contribution in [2.24, 2.45) is 0 Å². The van der Waals surface area contributed by atoms with E-state index >= 15 is 0 Å². The van der Waals surface area contributed by atoms with Crippen LogP contribution in [0.1, 0.15) is 46.5 Å². The largest absolute Gasteiger partial charge is 0.481 e. The predicted octanol–water partition coefficient (Wildman–Crippen LogP) is 4.80. The molecule has 1 aliphatic heterocycles. The minimum atomic E-state index is -4.71. The zero-order chi connectivity index (χ0) is 27.1. The topological polar surface area (TPSA) is 97.3 Å². The Balaban J connectivity index is 1.71. The van der Waals surface area contributed by atoms with E-state index in [2.05, 4.69) is 20.3 Å². The summed E-state index contributed by atoms with van der Waals surface area (Å²) in [5.74, 6) is -5.78. The number of amides is 2. The number of fused-ring (bicyclic) bond motifs is 1. The Hall–Kier alpha value is -3.68. The average molecular weight is 542 g/mol. The van der Waals surface area contributed by atoms with Crippen LogP contribution in [-0.4, -0.2) is 45.8 Å². The first-order valence-electron chi connectivity index (χ1n) is 10.8. The summed E-state index contributed by atoms with van der Waals surface area (Å²) >= 11 is 1.28. The fourth-order valence-electron chi connectivity index (χ4n) is 3.60. The molecule has 3 heterocycles. The zero-order valence-electron chi connectivity index (χ0n) is 19.7. The highest BCUT2D eigenvalue weighted by Crippen LogP contribution is 2.44. The second-order valence-electron chi connectivity index (χ2n) is 8.52. The van der Waals surface area contributed by atoms with Crippen molar-refractivity contribution in [2.75, 3.05) is 18.1 Å². The molecular weight excluding hydrogens is 521 g/mol. The standard InChI is InChI=1S/C23H20F5N5O3S/c1-11-6-29-20(37-11)15-4-13(5-16-18(15)36-9-17(34)33(16)10-22(3,24)25)19(35)32-12(2)14-7-30-21(31-8-14)23(26,27)28/h4-8,12H,9-10H2,1-3H3,(H,32,35). The van der Waals surface area contributed by atoms with Crippen molar-refractivity contribution < 1.29 is 36.3 Å². The third-order valence-electron chi connectivity index (χ3n) is 5.32. The molecule has 0 bridgehead atoms. The maximum Gasteiger partial charge on any atom is 0.451 e. The first kappa shape index (κ1) is 26.4. The summed E-state index contributed by atoms with van der Waals surface area (Å²) in [6.07, 6.45) is -1.21. The highest BCUT2D eigenvalue weighted by atomic mass is 32.1. The van der Waals surface area contributed by atoms with Gasteiger partial charge in [-0.2, -0.15) is 13.2 Å². The summed E-state index contributed by atoms with van der Waals surface area (Å²) in [5, 5.41) is 3.08. The number of benzene rings is 1. The molecule has 2 aromatic heterocycles. The molecule has 0 radical (unpaired) electrons. The van der Waals surface area contributed by atoms with E-state index in [1.165, 1.54) is 30.4 Å². The molecule has 37 heavy (non-hydrogen) atoms. The Morgan fingerprint density at radius 2 is 1.84 bits per heavy atom. The molecule has 1 unspecified atom stereocenters. The number of carbonyl (C=O) groups excluding carboxylic acids is 2. The second kappa shape index (κ2) is 9.65. The minimum absolute atomic E-state index is 0.00371. The van der Waals surface area contributed by atoms with Gasteiger partial charge in [0.25, 0.3) is 17.7 Å². The van der Waals surface area contributed by atoms with E-state index in [1.54, 1.807) is 6.20 Å². The van der Waals surface area contributed by atoms with Crippen molar-refractivity contribution in [3.8, 4) is 16.3 Å². The molecular formula is C23H20F5N5O3S. The molecule has 1 atom stereocenters. The average Bonchev–Trinajstić information content (AvgIpc) is 3.25. The SMILES string of the molecule is Cc1cnc(-c2cc(C(=O)NC(C)c3cnc(C(F)(F)F)nc3)cc3c2OCC(=O)N3CC(C)(F)F)s1. The van der Waals surface area contributed by atoms with Crippen molar-refractivity contribution in [3.05, 3.63) is 52.6 Å². The number of halogens is 5. The van der Waals surface area contributed by atoms with E-state index in [0.29, 0.717) is 17.5 Å². The number of anilines is 1. The molecule has 0 fully saturated rings. The lowest BCUT2D eigenvalue weighted by atomic mass is 10.0. The number of aryl methyl sites for hydroxylation is 1. The normalized spacial score (nSPS) is 14.7. The lowest BCUT2D eigenvalue weighted by molar-refractivity contribution is -0.145. The fraction of sp³-hybridized carbons (Fsp3) is 0.348. The highest BCUT2D eigenvalue weighted by molar-refractivity contribution is 7.15. The first-order valence-corrected chi connectivity index (χ1v) is 11.7. The Labute approximate surface area is 211 Å². The molecule has 3 aromatic rings. The Bertz CT molecular complexity index is 1340. The molecule has 1 aromatic carbocycles. The van der Waals surface area contributed by atoms with Gasteiger partial charge in [0, 0.05) is 41.5 Å². The summed E-state index contributed by atoms with van der Waals surface area (Å²) < 4.78 is 71.7. The van der Waals surface area contributed by atoms with Crippen molar-refractivity contribution in [1.82, 2.24) is 20.3 Å². The van der Waals surface area contributed by atoms with Gasteiger partial charge in [-0.15, -0.1) is 11.3 Å². The van der Waals surface area contributed by atoms with Crippen molar-refractivity contribution in [2.45, 2.75) is 38.9 Å². The van der Waals surface area contributed by atoms with E-state index in [1.807, 2.05) is 6.92 Å². The summed E-state index contributed by atoms with van der Waals surface area (Å²) in [5.41, 5.74) is 0.534. The van der Waals surface area contributed by atoms with E-state index in [0.717, 1.165) is 22.2 Å². The number of hydrogen-bond donors (Lipinski definition) is 1. The summed E-state index contributed by atoms with van der Waals surface area (Å²) in [7, 11) is 0. The molecule has 14 heteroatoms. The van der Waals surface area contributed by atoms with Gasteiger partial charge in [0.1, 0.15) is 5.01 Å². The van der Waals surface area contributed by atoms with Gasteiger partial charge in [0.15, 0.2) is 12.4 Å². The van der Waals surface area contributed by atoms with E-state index in [-0.39, 0.29) is 22.6 Å². The van der Waals surface area contributed by atoms with Crippen LogP contribution in [0, 0.1) is 6.92 Å². The van der Waals surface area contributed by atoms with Crippen LogP contribution in [0.2, 0.25) is 0 Å². The zero-order valence-corrected chi connectivity index (χ0v) is 20.5. The third-order valence-corrected chi connectivity index (χ3v) is 6.27. The van der Waals surface area contributed by atoms with Crippen LogP contribution in [0.4, 0.5) is 27.6 Å². The molecule has 196 valence electrons. The van der Waals surface area contributed by atoms with Gasteiger partial charge < -0.3 is 10.1 Å². The summed E-state index contributed by atoms with van der Waals surface area (Å²) in [6, 6.07) is 1.92. The maximum absolute atomic E-state index is 13.9. The number of nitrogens with one attached hydrogen (secondary N) is 1. The minimum Gasteiger partial charge on any atom is -0.481 e. The molecule has 0 saturated carbocycles. The molecule has 0 aliphatic carbocycles. The van der Waals surface area contributed by atoms with Gasteiger partial charge in [-0.05, 0) is 26.0 Å².